The molecule has 0 atom stereocenters. The zero-order valence-electron chi connectivity index (χ0n) is 24.2. The number of oxazole rings is 1. The zero-order chi connectivity index (χ0) is 29.7. The molecular weight excluding hydrogens is 569 g/mol. The van der Waals surface area contributed by atoms with Crippen molar-refractivity contribution in [3.05, 3.63) is 158 Å². The molecule has 9 rings (SSSR count). The SMILES string of the molecule is c1ccc(-c2ccc(N(c3ccc(-c4nc5c(ccc6ccccc65)o4)cc3)c3ccc4sc5ccccc5c4c3)cc2)cc1. The molecule has 2 aromatic heterocycles. The predicted octanol–water partition coefficient (Wildman–Crippen LogP) is 12.2. The fourth-order valence-corrected chi connectivity index (χ4v) is 7.36. The number of aromatic nitrogens is 1. The van der Waals surface area contributed by atoms with E-state index in [1.165, 1.54) is 31.3 Å². The van der Waals surface area contributed by atoms with E-state index in [1.807, 2.05) is 29.5 Å². The Labute approximate surface area is 264 Å². The molecule has 0 aliphatic rings. The molecular formula is C41H26N2OS. The largest absolute Gasteiger partial charge is 0.436 e. The van der Waals surface area contributed by atoms with Crippen molar-refractivity contribution in [3.8, 4) is 22.6 Å². The highest BCUT2D eigenvalue weighted by Crippen LogP contribution is 2.41. The van der Waals surface area contributed by atoms with Gasteiger partial charge in [-0.3, -0.25) is 0 Å². The number of hydrogen-bond donors (Lipinski definition) is 0. The molecule has 3 nitrogen and oxygen atoms in total. The summed E-state index contributed by atoms with van der Waals surface area (Å²) < 4.78 is 8.84. The molecule has 0 aliphatic heterocycles. The van der Waals surface area contributed by atoms with Crippen LogP contribution in [0.2, 0.25) is 0 Å². The molecule has 0 spiro atoms. The lowest BCUT2D eigenvalue weighted by Crippen LogP contribution is -2.09. The highest BCUT2D eigenvalue weighted by atomic mass is 32.1. The van der Waals surface area contributed by atoms with Gasteiger partial charge in [0.05, 0.1) is 0 Å². The van der Waals surface area contributed by atoms with Gasteiger partial charge in [-0.2, -0.15) is 0 Å². The number of hydrogen-bond acceptors (Lipinski definition) is 4. The first-order chi connectivity index (χ1) is 22.3. The van der Waals surface area contributed by atoms with Gasteiger partial charge in [-0.1, -0.05) is 91.0 Å². The van der Waals surface area contributed by atoms with Crippen LogP contribution in [-0.4, -0.2) is 4.98 Å². The predicted molar refractivity (Wildman–Crippen MR) is 190 cm³/mol. The summed E-state index contributed by atoms with van der Waals surface area (Å²) in [5.41, 5.74) is 8.29. The van der Waals surface area contributed by atoms with Gasteiger partial charge in [0.2, 0.25) is 5.89 Å². The minimum absolute atomic E-state index is 0.623. The number of nitrogens with zero attached hydrogens (tertiary/aromatic N) is 2. The van der Waals surface area contributed by atoms with Crippen molar-refractivity contribution in [2.45, 2.75) is 0 Å². The maximum Gasteiger partial charge on any atom is 0.227 e. The van der Waals surface area contributed by atoms with Gasteiger partial charge in [0.15, 0.2) is 5.58 Å². The van der Waals surface area contributed by atoms with E-state index in [1.54, 1.807) is 0 Å². The fraction of sp³-hybridized carbons (Fsp3) is 0. The summed E-state index contributed by atoms with van der Waals surface area (Å²) in [6.07, 6.45) is 0. The maximum atomic E-state index is 6.24. The van der Waals surface area contributed by atoms with Crippen molar-refractivity contribution in [2.75, 3.05) is 4.90 Å². The van der Waals surface area contributed by atoms with E-state index < -0.39 is 0 Å². The van der Waals surface area contributed by atoms with E-state index in [-0.39, 0.29) is 0 Å². The highest BCUT2D eigenvalue weighted by Gasteiger charge is 2.17. The van der Waals surface area contributed by atoms with Crippen molar-refractivity contribution in [2.24, 2.45) is 0 Å². The molecule has 45 heavy (non-hydrogen) atoms. The Kier molecular flexibility index (Phi) is 6.00. The Morgan fingerprint density at radius 2 is 1.09 bits per heavy atom. The third-order valence-electron chi connectivity index (χ3n) is 8.51. The Balaban J connectivity index is 1.15. The van der Waals surface area contributed by atoms with E-state index >= 15 is 0 Å². The second kappa shape index (κ2) is 10.5. The minimum atomic E-state index is 0.623. The van der Waals surface area contributed by atoms with Gasteiger partial charge in [-0.05, 0) is 83.2 Å². The topological polar surface area (TPSA) is 29.3 Å². The van der Waals surface area contributed by atoms with Gasteiger partial charge in [-0.25, -0.2) is 4.98 Å². The molecule has 0 amide bonds. The Bertz CT molecular complexity index is 2480. The molecule has 9 aromatic rings. The maximum absolute atomic E-state index is 6.24. The van der Waals surface area contributed by atoms with Crippen molar-refractivity contribution < 1.29 is 4.42 Å². The summed E-state index contributed by atoms with van der Waals surface area (Å²) in [4.78, 5) is 7.24. The molecule has 0 fully saturated rings. The van der Waals surface area contributed by atoms with Gasteiger partial charge < -0.3 is 9.32 Å². The van der Waals surface area contributed by atoms with E-state index in [2.05, 4.69) is 144 Å². The van der Waals surface area contributed by atoms with Crippen molar-refractivity contribution in [1.29, 1.82) is 0 Å². The van der Waals surface area contributed by atoms with Gasteiger partial charge in [-0.15, -0.1) is 11.3 Å². The molecule has 212 valence electrons. The summed E-state index contributed by atoms with van der Waals surface area (Å²) in [6.45, 7) is 0. The summed E-state index contributed by atoms with van der Waals surface area (Å²) in [6, 6.07) is 55.7. The van der Waals surface area contributed by atoms with Crippen molar-refractivity contribution in [3.63, 3.8) is 0 Å². The van der Waals surface area contributed by atoms with E-state index in [0.717, 1.165) is 44.5 Å². The zero-order valence-corrected chi connectivity index (χ0v) is 25.0. The average molecular weight is 595 g/mol. The van der Waals surface area contributed by atoms with Crippen LogP contribution in [0.3, 0.4) is 0 Å². The highest BCUT2D eigenvalue weighted by molar-refractivity contribution is 7.25. The van der Waals surface area contributed by atoms with Gasteiger partial charge in [0.1, 0.15) is 5.52 Å². The lowest BCUT2D eigenvalue weighted by molar-refractivity contribution is 0.620. The molecule has 0 unspecified atom stereocenters. The third kappa shape index (κ3) is 4.46. The molecule has 4 heteroatoms. The third-order valence-corrected chi connectivity index (χ3v) is 9.66. The molecule has 0 radical (unpaired) electrons. The van der Waals surface area contributed by atoms with E-state index in [4.69, 9.17) is 9.40 Å². The quantitative estimate of drug-likeness (QED) is 0.198. The normalized spacial score (nSPS) is 11.6. The monoisotopic (exact) mass is 594 g/mol. The summed E-state index contributed by atoms with van der Waals surface area (Å²) in [5, 5.41) is 4.82. The molecule has 2 heterocycles. The fourth-order valence-electron chi connectivity index (χ4n) is 6.27. The second-order valence-corrected chi connectivity index (χ2v) is 12.3. The Morgan fingerprint density at radius 3 is 1.89 bits per heavy atom. The Morgan fingerprint density at radius 1 is 0.467 bits per heavy atom. The number of anilines is 3. The van der Waals surface area contributed by atoms with Crippen LogP contribution >= 0.6 is 11.3 Å². The number of rotatable bonds is 5. The molecule has 0 saturated heterocycles. The molecule has 0 saturated carbocycles. The minimum Gasteiger partial charge on any atom is -0.436 e. The number of thiophene rings is 1. The molecule has 0 N–H and O–H groups in total. The van der Waals surface area contributed by atoms with Crippen LogP contribution in [0.1, 0.15) is 0 Å². The van der Waals surface area contributed by atoms with Crippen LogP contribution in [0, 0.1) is 0 Å². The smallest absolute Gasteiger partial charge is 0.227 e. The number of benzene rings is 7. The summed E-state index contributed by atoms with van der Waals surface area (Å²) in [5.74, 6) is 0.623. The second-order valence-electron chi connectivity index (χ2n) is 11.2. The molecule has 7 aromatic carbocycles. The Hall–Kier alpha value is -5.71. The lowest BCUT2D eigenvalue weighted by Gasteiger charge is -2.26. The summed E-state index contributed by atoms with van der Waals surface area (Å²) >= 11 is 1.84. The average Bonchev–Trinajstić information content (AvgIpc) is 3.72. The first-order valence-corrected chi connectivity index (χ1v) is 15.9. The van der Waals surface area contributed by atoms with Gasteiger partial charge in [0.25, 0.3) is 0 Å². The van der Waals surface area contributed by atoms with Crippen LogP contribution < -0.4 is 4.90 Å². The van der Waals surface area contributed by atoms with E-state index in [0.29, 0.717) is 5.89 Å². The van der Waals surface area contributed by atoms with Crippen molar-refractivity contribution >= 4 is 70.4 Å². The first-order valence-electron chi connectivity index (χ1n) is 15.0. The lowest BCUT2D eigenvalue weighted by atomic mass is 10.0. The van der Waals surface area contributed by atoms with Gasteiger partial charge in [0, 0.05) is 48.2 Å². The number of fused-ring (bicyclic) bond motifs is 6. The first kappa shape index (κ1) is 25.8. The van der Waals surface area contributed by atoms with Crippen LogP contribution in [0.4, 0.5) is 17.1 Å². The van der Waals surface area contributed by atoms with Crippen molar-refractivity contribution in [1.82, 2.24) is 4.98 Å². The van der Waals surface area contributed by atoms with Gasteiger partial charge >= 0.3 is 0 Å². The summed E-state index contributed by atoms with van der Waals surface area (Å²) in [7, 11) is 0. The van der Waals surface area contributed by atoms with Crippen LogP contribution in [0.15, 0.2) is 162 Å². The van der Waals surface area contributed by atoms with Crippen LogP contribution in [0.5, 0.6) is 0 Å². The molecule has 0 aliphatic carbocycles. The van der Waals surface area contributed by atoms with Crippen LogP contribution in [0.25, 0.3) is 64.6 Å². The standard InChI is InChI=1S/C41H26N2OS/c1-2-8-27(9-3-1)28-14-19-31(20-15-28)43(33-23-25-39-36(26-33)35-12-6-7-13-38(35)45-39)32-21-16-30(17-22-32)41-42-40-34-11-5-4-10-29(34)18-24-37(40)44-41/h1-26H. The van der Waals surface area contributed by atoms with Crippen LogP contribution in [-0.2, 0) is 0 Å². The van der Waals surface area contributed by atoms with E-state index in [9.17, 15) is 0 Å². The molecule has 0 bridgehead atoms.